The summed E-state index contributed by atoms with van der Waals surface area (Å²) >= 11 is 9.00. The summed E-state index contributed by atoms with van der Waals surface area (Å²) in [6, 6.07) is 7.23. The van der Waals surface area contributed by atoms with E-state index in [4.69, 9.17) is 11.6 Å². The van der Waals surface area contributed by atoms with Crippen molar-refractivity contribution in [2.45, 2.75) is 18.4 Å². The van der Waals surface area contributed by atoms with E-state index in [9.17, 15) is 14.7 Å². The Labute approximate surface area is 152 Å². The van der Waals surface area contributed by atoms with Gasteiger partial charge in [-0.1, -0.05) is 23.7 Å². The molecular formula is C16H15ClN2O3S2. The van der Waals surface area contributed by atoms with E-state index < -0.39 is 17.4 Å². The molecule has 1 aliphatic heterocycles. The van der Waals surface area contributed by atoms with E-state index in [1.165, 1.54) is 11.3 Å². The van der Waals surface area contributed by atoms with Gasteiger partial charge in [-0.05, 0) is 36.5 Å². The number of benzene rings is 1. The number of nitrogens with one attached hydrogen (secondary N) is 1. The van der Waals surface area contributed by atoms with Crippen LogP contribution in [0.2, 0.25) is 5.02 Å². The summed E-state index contributed by atoms with van der Waals surface area (Å²) in [5, 5.41) is 15.1. The number of rotatable bonds is 4. The molecule has 1 aromatic carbocycles. The monoisotopic (exact) mass is 382 g/mol. The second kappa shape index (κ2) is 7.13. The van der Waals surface area contributed by atoms with Gasteiger partial charge in [0.25, 0.3) is 5.91 Å². The standard InChI is InChI=1S/C16H15ClN2O3S2/c17-11-3-1-2-10(8-11)14-18-12(9-24-14)13(20)19-16(15(21)22)4-6-23-7-5-16/h1-3,8-9H,4-7H2,(H,19,20)(H,21,22). The molecule has 3 rings (SSSR count). The van der Waals surface area contributed by atoms with Crippen LogP contribution in [0.3, 0.4) is 0 Å². The predicted octanol–water partition coefficient (Wildman–Crippen LogP) is 3.54. The smallest absolute Gasteiger partial charge is 0.329 e. The van der Waals surface area contributed by atoms with Crippen molar-refractivity contribution in [1.82, 2.24) is 10.3 Å². The Morgan fingerprint density at radius 2 is 2.04 bits per heavy atom. The first-order valence-corrected chi connectivity index (χ1v) is 9.76. The van der Waals surface area contributed by atoms with Crippen LogP contribution >= 0.6 is 34.7 Å². The lowest BCUT2D eigenvalue weighted by Gasteiger charge is -2.33. The van der Waals surface area contributed by atoms with Crippen LogP contribution < -0.4 is 5.32 Å². The lowest BCUT2D eigenvalue weighted by Crippen LogP contribution is -2.56. The average molecular weight is 383 g/mol. The molecule has 0 radical (unpaired) electrons. The van der Waals surface area contributed by atoms with Crippen molar-refractivity contribution >= 4 is 46.6 Å². The van der Waals surface area contributed by atoms with Crippen molar-refractivity contribution in [3.05, 3.63) is 40.4 Å². The zero-order valence-corrected chi connectivity index (χ0v) is 15.0. The van der Waals surface area contributed by atoms with Gasteiger partial charge in [-0.25, -0.2) is 9.78 Å². The van der Waals surface area contributed by atoms with Crippen molar-refractivity contribution < 1.29 is 14.7 Å². The molecule has 1 aromatic heterocycles. The van der Waals surface area contributed by atoms with Gasteiger partial charge in [0, 0.05) is 16.0 Å². The second-order valence-electron chi connectivity index (χ2n) is 5.50. The maximum Gasteiger partial charge on any atom is 0.329 e. The van der Waals surface area contributed by atoms with E-state index in [-0.39, 0.29) is 5.69 Å². The van der Waals surface area contributed by atoms with Gasteiger partial charge in [0.05, 0.1) is 0 Å². The van der Waals surface area contributed by atoms with Gasteiger partial charge in [0.1, 0.15) is 16.2 Å². The van der Waals surface area contributed by atoms with Crippen molar-refractivity contribution in [1.29, 1.82) is 0 Å². The summed E-state index contributed by atoms with van der Waals surface area (Å²) in [6.07, 6.45) is 0.841. The van der Waals surface area contributed by atoms with Crippen LogP contribution in [0.1, 0.15) is 23.3 Å². The van der Waals surface area contributed by atoms with E-state index in [2.05, 4.69) is 10.3 Å². The molecule has 0 atom stereocenters. The number of hydrogen-bond donors (Lipinski definition) is 2. The first kappa shape index (κ1) is 17.3. The highest BCUT2D eigenvalue weighted by Gasteiger charge is 2.41. The summed E-state index contributed by atoms with van der Waals surface area (Å²) in [6.45, 7) is 0. The van der Waals surface area contributed by atoms with Crippen molar-refractivity contribution in [2.75, 3.05) is 11.5 Å². The third-order valence-electron chi connectivity index (χ3n) is 3.92. The number of carbonyl (C=O) groups is 2. The molecule has 0 saturated carbocycles. The molecule has 0 spiro atoms. The van der Waals surface area contributed by atoms with Crippen LogP contribution in [0.25, 0.3) is 10.6 Å². The fourth-order valence-electron chi connectivity index (χ4n) is 2.53. The third kappa shape index (κ3) is 3.58. The summed E-state index contributed by atoms with van der Waals surface area (Å²) < 4.78 is 0. The molecule has 0 aliphatic carbocycles. The highest BCUT2D eigenvalue weighted by atomic mass is 35.5. The Balaban J connectivity index is 1.79. The topological polar surface area (TPSA) is 79.3 Å². The van der Waals surface area contributed by atoms with Gasteiger partial charge in [-0.3, -0.25) is 4.79 Å². The first-order valence-electron chi connectivity index (χ1n) is 7.35. The lowest BCUT2D eigenvalue weighted by molar-refractivity contribution is -0.144. The molecule has 2 heterocycles. The second-order valence-corrected chi connectivity index (χ2v) is 8.02. The third-order valence-corrected chi connectivity index (χ3v) is 6.03. The molecule has 1 saturated heterocycles. The summed E-state index contributed by atoms with van der Waals surface area (Å²) in [5.74, 6) is 0.00437. The number of nitrogens with zero attached hydrogens (tertiary/aromatic N) is 1. The number of amides is 1. The Hall–Kier alpha value is -1.57. The van der Waals surface area contributed by atoms with E-state index in [1.807, 2.05) is 12.1 Å². The van der Waals surface area contributed by atoms with E-state index in [0.717, 1.165) is 17.1 Å². The molecular weight excluding hydrogens is 368 g/mol. The van der Waals surface area contributed by atoms with Crippen LogP contribution in [0, 0.1) is 0 Å². The molecule has 1 aliphatic rings. The van der Waals surface area contributed by atoms with E-state index >= 15 is 0 Å². The van der Waals surface area contributed by atoms with Crippen molar-refractivity contribution in [2.24, 2.45) is 0 Å². The predicted molar refractivity (Wildman–Crippen MR) is 97.0 cm³/mol. The molecule has 2 aromatic rings. The number of carboxylic acids is 1. The fourth-order valence-corrected chi connectivity index (χ4v) is 4.70. The van der Waals surface area contributed by atoms with Gasteiger partial charge in [0.2, 0.25) is 0 Å². The minimum absolute atomic E-state index is 0.230. The van der Waals surface area contributed by atoms with E-state index in [1.54, 1.807) is 29.3 Å². The Morgan fingerprint density at radius 1 is 1.29 bits per heavy atom. The molecule has 0 unspecified atom stereocenters. The van der Waals surface area contributed by atoms with Crippen LogP contribution in [0.4, 0.5) is 0 Å². The maximum atomic E-state index is 12.5. The van der Waals surface area contributed by atoms with Crippen molar-refractivity contribution in [3.63, 3.8) is 0 Å². The van der Waals surface area contributed by atoms with Gasteiger partial charge in [0.15, 0.2) is 0 Å². The first-order chi connectivity index (χ1) is 11.5. The van der Waals surface area contributed by atoms with Crippen LogP contribution in [-0.4, -0.2) is 39.0 Å². The average Bonchev–Trinajstić information content (AvgIpc) is 3.06. The Kier molecular flexibility index (Phi) is 5.12. The number of thioether (sulfide) groups is 1. The number of aliphatic carboxylic acids is 1. The number of halogens is 1. The molecule has 126 valence electrons. The Morgan fingerprint density at radius 3 is 2.71 bits per heavy atom. The fraction of sp³-hybridized carbons (Fsp3) is 0.312. The van der Waals surface area contributed by atoms with Crippen LogP contribution in [0.15, 0.2) is 29.6 Å². The van der Waals surface area contributed by atoms with Gasteiger partial charge in [-0.2, -0.15) is 11.8 Å². The molecule has 1 amide bonds. The van der Waals surface area contributed by atoms with Gasteiger partial charge < -0.3 is 10.4 Å². The van der Waals surface area contributed by atoms with E-state index in [0.29, 0.717) is 22.9 Å². The summed E-state index contributed by atoms with van der Waals surface area (Å²) in [7, 11) is 0. The number of thiazole rings is 1. The molecule has 5 nitrogen and oxygen atoms in total. The largest absolute Gasteiger partial charge is 0.480 e. The normalized spacial score (nSPS) is 16.5. The highest BCUT2D eigenvalue weighted by molar-refractivity contribution is 7.99. The van der Waals surface area contributed by atoms with Crippen LogP contribution in [0.5, 0.6) is 0 Å². The number of carbonyl (C=O) groups excluding carboxylic acids is 1. The molecule has 2 N–H and O–H groups in total. The lowest BCUT2D eigenvalue weighted by atomic mass is 9.92. The SMILES string of the molecule is O=C(NC1(C(=O)O)CCSCC1)c1csc(-c2cccc(Cl)c2)n1. The zero-order valence-electron chi connectivity index (χ0n) is 12.6. The minimum atomic E-state index is -1.19. The molecule has 24 heavy (non-hydrogen) atoms. The van der Waals surface area contributed by atoms with Gasteiger partial charge >= 0.3 is 5.97 Å². The summed E-state index contributed by atoms with van der Waals surface area (Å²) in [4.78, 5) is 28.4. The number of hydrogen-bond acceptors (Lipinski definition) is 5. The van der Waals surface area contributed by atoms with Gasteiger partial charge in [-0.15, -0.1) is 11.3 Å². The molecule has 0 bridgehead atoms. The summed E-state index contributed by atoms with van der Waals surface area (Å²) in [5.41, 5.74) is -0.135. The minimum Gasteiger partial charge on any atom is -0.480 e. The van der Waals surface area contributed by atoms with Crippen LogP contribution in [-0.2, 0) is 4.79 Å². The zero-order chi connectivity index (χ0) is 17.2. The maximum absolute atomic E-state index is 12.5. The van der Waals surface area contributed by atoms with Crippen molar-refractivity contribution in [3.8, 4) is 10.6 Å². The quantitative estimate of drug-likeness (QED) is 0.845. The highest BCUT2D eigenvalue weighted by Crippen LogP contribution is 2.29. The molecule has 1 fully saturated rings. The Bertz CT molecular complexity index is 772. The number of aromatic nitrogens is 1. The molecule has 8 heteroatoms. The number of carboxylic acid groups (broad SMARTS) is 1.